The summed E-state index contributed by atoms with van der Waals surface area (Å²) in [7, 11) is 0. The zero-order chi connectivity index (χ0) is 9.19. The summed E-state index contributed by atoms with van der Waals surface area (Å²) in [5.74, 6) is 0. The van der Waals surface area contributed by atoms with Gasteiger partial charge in [-0.25, -0.2) is 0 Å². The fourth-order valence-corrected chi connectivity index (χ4v) is 1.01. The second-order valence-electron chi connectivity index (χ2n) is 2.82. The van der Waals surface area contributed by atoms with Crippen LogP contribution in [0, 0.1) is 6.08 Å². The molecule has 0 amide bonds. The lowest BCUT2D eigenvalue weighted by Gasteiger charge is -1.84. The smallest absolute Gasteiger partial charge is 0.00948 e. The van der Waals surface area contributed by atoms with Crippen molar-refractivity contribution in [2.75, 3.05) is 0 Å². The number of hydrogen-bond acceptors (Lipinski definition) is 0. The van der Waals surface area contributed by atoms with Gasteiger partial charge >= 0.3 is 0 Å². The highest BCUT2D eigenvalue weighted by Gasteiger charge is 1.76. The second kappa shape index (κ2) is 7.35. The minimum atomic E-state index is 0.914. The van der Waals surface area contributed by atoms with Gasteiger partial charge in [0, 0.05) is 0 Å². The molecular formula is C13H15. The number of rotatable bonds is 0. The first-order valence-electron chi connectivity index (χ1n) is 4.70. The van der Waals surface area contributed by atoms with Crippen molar-refractivity contribution in [1.82, 2.24) is 0 Å². The molecule has 1 radical (unpaired) electrons. The summed E-state index contributed by atoms with van der Waals surface area (Å²) in [4.78, 5) is 0. The Balaban J connectivity index is 2.50. The van der Waals surface area contributed by atoms with Gasteiger partial charge in [0.25, 0.3) is 0 Å². The topological polar surface area (TPSA) is 0 Å². The maximum Gasteiger partial charge on any atom is -0.00948 e. The Bertz CT molecular complexity index is 249. The van der Waals surface area contributed by atoms with Crippen LogP contribution in [0.1, 0.15) is 19.3 Å². The predicted molar refractivity (Wildman–Crippen MR) is 58.2 cm³/mol. The van der Waals surface area contributed by atoms with Crippen LogP contribution in [-0.2, 0) is 0 Å². The lowest BCUT2D eigenvalue weighted by Crippen LogP contribution is -1.65. The van der Waals surface area contributed by atoms with Crippen molar-refractivity contribution >= 4 is 0 Å². The van der Waals surface area contributed by atoms with Crippen molar-refractivity contribution in [1.29, 1.82) is 0 Å². The first-order chi connectivity index (χ1) is 6.50. The maximum absolute atomic E-state index is 3.22. The van der Waals surface area contributed by atoms with Gasteiger partial charge in [-0.3, -0.25) is 0 Å². The molecule has 0 N–H and O–H groups in total. The van der Waals surface area contributed by atoms with Crippen LogP contribution < -0.4 is 0 Å². The summed E-state index contributed by atoms with van der Waals surface area (Å²) < 4.78 is 0. The molecule has 1 aliphatic carbocycles. The molecule has 0 atom stereocenters. The molecular weight excluding hydrogens is 156 g/mol. The molecule has 0 aromatic carbocycles. The Morgan fingerprint density at radius 1 is 0.692 bits per heavy atom. The van der Waals surface area contributed by atoms with Gasteiger partial charge in [-0.2, -0.15) is 0 Å². The maximum atomic E-state index is 3.22. The van der Waals surface area contributed by atoms with Crippen LogP contribution in [0.4, 0.5) is 0 Å². The third-order valence-corrected chi connectivity index (χ3v) is 1.69. The molecule has 0 unspecified atom stereocenters. The summed E-state index contributed by atoms with van der Waals surface area (Å²) in [6.07, 6.45) is 25.0. The third-order valence-electron chi connectivity index (χ3n) is 1.69. The van der Waals surface area contributed by atoms with Crippen LogP contribution in [-0.4, -0.2) is 0 Å². The first-order valence-corrected chi connectivity index (χ1v) is 4.70. The van der Waals surface area contributed by atoms with Crippen molar-refractivity contribution < 1.29 is 0 Å². The minimum absolute atomic E-state index is 0.914. The summed E-state index contributed by atoms with van der Waals surface area (Å²) in [5, 5.41) is 0. The zero-order valence-electron chi connectivity index (χ0n) is 7.82. The molecule has 0 fully saturated rings. The Labute approximate surface area is 80.7 Å². The quantitative estimate of drug-likeness (QED) is 0.520. The van der Waals surface area contributed by atoms with Gasteiger partial charge in [-0.1, -0.05) is 54.7 Å². The van der Waals surface area contributed by atoms with E-state index in [1.807, 2.05) is 24.3 Å². The van der Waals surface area contributed by atoms with Crippen LogP contribution in [0.5, 0.6) is 0 Å². The van der Waals surface area contributed by atoms with Crippen LogP contribution in [0.15, 0.2) is 54.7 Å². The SMILES string of the molecule is [C]1=CCCC=CC=CC=CC=CC1. The standard InChI is InChI=1S/C13H15/c1-2-4-6-8-10-12-13-11-9-7-5-3-1/h1-8,13H,9-11H2. The van der Waals surface area contributed by atoms with E-state index in [0.29, 0.717) is 0 Å². The van der Waals surface area contributed by atoms with Gasteiger partial charge in [0.15, 0.2) is 0 Å². The van der Waals surface area contributed by atoms with Crippen LogP contribution in [0.3, 0.4) is 0 Å². The van der Waals surface area contributed by atoms with Crippen molar-refractivity contribution in [3.05, 3.63) is 60.8 Å². The Morgan fingerprint density at radius 3 is 2.23 bits per heavy atom. The molecule has 0 heteroatoms. The molecule has 1 rings (SSSR count). The predicted octanol–water partition coefficient (Wildman–Crippen LogP) is 3.75. The normalized spacial score (nSPS) is 17.8. The molecule has 0 aromatic rings. The largest absolute Gasteiger partial charge is 0.0842 e. The van der Waals surface area contributed by atoms with Crippen molar-refractivity contribution in [2.45, 2.75) is 19.3 Å². The monoisotopic (exact) mass is 171 g/mol. The van der Waals surface area contributed by atoms with Crippen LogP contribution in [0.25, 0.3) is 0 Å². The van der Waals surface area contributed by atoms with E-state index in [2.05, 4.69) is 36.5 Å². The molecule has 67 valence electrons. The minimum Gasteiger partial charge on any atom is -0.0842 e. The molecule has 0 bridgehead atoms. The molecule has 0 aliphatic heterocycles. The Kier molecular flexibility index (Phi) is 5.54. The van der Waals surface area contributed by atoms with E-state index in [1.165, 1.54) is 0 Å². The van der Waals surface area contributed by atoms with Crippen LogP contribution >= 0.6 is 0 Å². The van der Waals surface area contributed by atoms with E-state index in [-0.39, 0.29) is 0 Å². The van der Waals surface area contributed by atoms with E-state index in [4.69, 9.17) is 0 Å². The molecule has 1 aliphatic rings. The van der Waals surface area contributed by atoms with E-state index in [0.717, 1.165) is 19.3 Å². The Hall–Kier alpha value is -1.30. The molecule has 13 heavy (non-hydrogen) atoms. The molecule has 0 spiro atoms. The van der Waals surface area contributed by atoms with Crippen LogP contribution in [0.2, 0.25) is 0 Å². The van der Waals surface area contributed by atoms with Gasteiger partial charge in [0.05, 0.1) is 0 Å². The summed E-state index contributed by atoms with van der Waals surface area (Å²) >= 11 is 0. The van der Waals surface area contributed by atoms with Gasteiger partial charge in [-0.05, 0) is 25.3 Å². The summed E-state index contributed by atoms with van der Waals surface area (Å²) in [5.41, 5.74) is 0. The first kappa shape index (κ1) is 9.79. The Morgan fingerprint density at radius 2 is 1.38 bits per heavy atom. The van der Waals surface area contributed by atoms with E-state index < -0.39 is 0 Å². The van der Waals surface area contributed by atoms with E-state index in [9.17, 15) is 0 Å². The van der Waals surface area contributed by atoms with Gasteiger partial charge in [0.1, 0.15) is 0 Å². The third kappa shape index (κ3) is 5.92. The highest BCUT2D eigenvalue weighted by molar-refractivity contribution is 5.15. The van der Waals surface area contributed by atoms with Crippen molar-refractivity contribution in [2.24, 2.45) is 0 Å². The fraction of sp³-hybridized carbons (Fsp3) is 0.231. The highest BCUT2D eigenvalue weighted by Crippen LogP contribution is 1.96. The van der Waals surface area contributed by atoms with E-state index in [1.54, 1.807) is 0 Å². The summed E-state index contributed by atoms with van der Waals surface area (Å²) in [6, 6.07) is 0. The number of hydrogen-bond donors (Lipinski definition) is 0. The van der Waals surface area contributed by atoms with Crippen molar-refractivity contribution in [3.8, 4) is 0 Å². The molecule has 0 aromatic heterocycles. The van der Waals surface area contributed by atoms with E-state index >= 15 is 0 Å². The molecule has 0 nitrogen and oxygen atoms in total. The molecule has 0 saturated carbocycles. The van der Waals surface area contributed by atoms with Gasteiger partial charge in [0.2, 0.25) is 0 Å². The van der Waals surface area contributed by atoms with Crippen molar-refractivity contribution in [3.63, 3.8) is 0 Å². The lowest BCUT2D eigenvalue weighted by atomic mass is 10.2. The zero-order valence-corrected chi connectivity index (χ0v) is 7.82. The van der Waals surface area contributed by atoms with Gasteiger partial charge < -0.3 is 0 Å². The highest BCUT2D eigenvalue weighted by atomic mass is 13.8. The number of allylic oxidation sites excluding steroid dienone is 10. The van der Waals surface area contributed by atoms with Gasteiger partial charge in [-0.15, -0.1) is 0 Å². The molecule has 0 heterocycles. The molecule has 0 saturated heterocycles. The summed E-state index contributed by atoms with van der Waals surface area (Å²) in [6.45, 7) is 0. The average molecular weight is 171 g/mol. The lowest BCUT2D eigenvalue weighted by molar-refractivity contribution is 1.04. The average Bonchev–Trinajstić information content (AvgIpc) is 2.18. The fourth-order valence-electron chi connectivity index (χ4n) is 1.01. The second-order valence-corrected chi connectivity index (χ2v) is 2.82.